The standard InChI is InChI=1S/C29H28N2O6/c32-25(30-15-18-6-8-20(9-7-18)28(33)34)16-31-24-14-21(29(35)36)10-11-23(24)26(19-4-2-1-3-5-19)27(31)22-12-13-37-17-22/h6-14,17,19H,1-5,15-16H2,(H,30,32)(H,33,34)(H,35,36). The monoisotopic (exact) mass is 500 g/mol. The molecule has 1 saturated carbocycles. The van der Waals surface area contributed by atoms with Crippen molar-refractivity contribution in [1.29, 1.82) is 0 Å². The zero-order valence-electron chi connectivity index (χ0n) is 20.3. The molecule has 2 aromatic carbocycles. The number of carbonyl (C=O) groups is 3. The second-order valence-corrected chi connectivity index (χ2v) is 9.51. The quantitative estimate of drug-likeness (QED) is 0.287. The van der Waals surface area contributed by atoms with Crippen LogP contribution in [0, 0.1) is 0 Å². The van der Waals surface area contributed by atoms with Gasteiger partial charge in [0.15, 0.2) is 0 Å². The third-order valence-corrected chi connectivity index (χ3v) is 7.15. The van der Waals surface area contributed by atoms with Gasteiger partial charge in [0.25, 0.3) is 0 Å². The smallest absolute Gasteiger partial charge is 0.335 e. The Kier molecular flexibility index (Phi) is 6.81. The predicted octanol–water partition coefficient (Wildman–Crippen LogP) is 5.66. The van der Waals surface area contributed by atoms with E-state index in [1.807, 2.05) is 16.7 Å². The summed E-state index contributed by atoms with van der Waals surface area (Å²) in [5.41, 5.74) is 4.72. The molecule has 1 aliphatic carbocycles. The number of fused-ring (bicyclic) bond motifs is 1. The number of aromatic nitrogens is 1. The second kappa shape index (κ2) is 10.3. The van der Waals surface area contributed by atoms with E-state index in [0.29, 0.717) is 11.4 Å². The van der Waals surface area contributed by atoms with E-state index in [1.54, 1.807) is 36.8 Å². The van der Waals surface area contributed by atoms with Crippen molar-refractivity contribution in [2.75, 3.05) is 0 Å². The number of hydrogen-bond acceptors (Lipinski definition) is 4. The molecule has 0 aliphatic heterocycles. The molecule has 0 saturated heterocycles. The molecule has 1 aliphatic rings. The molecular weight excluding hydrogens is 472 g/mol. The first-order valence-corrected chi connectivity index (χ1v) is 12.4. The number of carboxylic acids is 2. The van der Waals surface area contributed by atoms with Gasteiger partial charge < -0.3 is 24.5 Å². The number of carbonyl (C=O) groups excluding carboxylic acids is 1. The average Bonchev–Trinajstić information content (AvgIpc) is 3.54. The van der Waals surface area contributed by atoms with Crippen molar-refractivity contribution < 1.29 is 29.0 Å². The highest BCUT2D eigenvalue weighted by Gasteiger charge is 2.28. The van der Waals surface area contributed by atoms with Gasteiger partial charge in [-0.05, 0) is 60.2 Å². The second-order valence-electron chi connectivity index (χ2n) is 9.51. The number of hydrogen-bond donors (Lipinski definition) is 3. The van der Waals surface area contributed by atoms with Crippen LogP contribution < -0.4 is 5.32 Å². The van der Waals surface area contributed by atoms with Gasteiger partial charge in [-0.1, -0.05) is 37.5 Å². The summed E-state index contributed by atoms with van der Waals surface area (Å²) in [6.45, 7) is 0.245. The molecule has 190 valence electrons. The molecular formula is C29H28N2O6. The third kappa shape index (κ3) is 5.00. The van der Waals surface area contributed by atoms with Crippen molar-refractivity contribution in [1.82, 2.24) is 9.88 Å². The van der Waals surface area contributed by atoms with Crippen LogP contribution in [0.1, 0.15) is 69.9 Å². The molecule has 0 atom stereocenters. The van der Waals surface area contributed by atoms with Crippen LogP contribution in [0.2, 0.25) is 0 Å². The van der Waals surface area contributed by atoms with Crippen molar-refractivity contribution in [3.05, 3.63) is 83.3 Å². The molecule has 0 spiro atoms. The van der Waals surface area contributed by atoms with Crippen LogP contribution in [0.4, 0.5) is 0 Å². The van der Waals surface area contributed by atoms with Crippen LogP contribution in [0.25, 0.3) is 22.2 Å². The van der Waals surface area contributed by atoms with E-state index < -0.39 is 11.9 Å². The van der Waals surface area contributed by atoms with Crippen molar-refractivity contribution in [3.8, 4) is 11.3 Å². The lowest BCUT2D eigenvalue weighted by Gasteiger charge is -2.23. The Morgan fingerprint density at radius 1 is 0.919 bits per heavy atom. The van der Waals surface area contributed by atoms with Gasteiger partial charge in [0.1, 0.15) is 6.54 Å². The summed E-state index contributed by atoms with van der Waals surface area (Å²) in [6.07, 6.45) is 8.83. The fourth-order valence-corrected chi connectivity index (χ4v) is 5.35. The maximum Gasteiger partial charge on any atom is 0.335 e. The highest BCUT2D eigenvalue weighted by atomic mass is 16.4. The van der Waals surface area contributed by atoms with Gasteiger partial charge in [-0.2, -0.15) is 0 Å². The van der Waals surface area contributed by atoms with Crippen LogP contribution in [0.5, 0.6) is 0 Å². The lowest BCUT2D eigenvalue weighted by atomic mass is 9.82. The summed E-state index contributed by atoms with van der Waals surface area (Å²) in [6, 6.07) is 13.4. The summed E-state index contributed by atoms with van der Waals surface area (Å²) in [4.78, 5) is 36.0. The number of amides is 1. The maximum absolute atomic E-state index is 13.2. The normalized spacial score (nSPS) is 14.1. The van der Waals surface area contributed by atoms with Gasteiger partial charge in [0.05, 0.1) is 34.9 Å². The van der Waals surface area contributed by atoms with E-state index in [-0.39, 0.29) is 30.1 Å². The number of benzene rings is 2. The number of carboxylic acid groups (broad SMARTS) is 2. The number of furan rings is 1. The Hall–Kier alpha value is -4.33. The summed E-state index contributed by atoms with van der Waals surface area (Å²) in [7, 11) is 0. The number of nitrogens with one attached hydrogen (secondary N) is 1. The fraction of sp³-hybridized carbons (Fsp3) is 0.276. The van der Waals surface area contributed by atoms with E-state index in [1.165, 1.54) is 18.6 Å². The minimum atomic E-state index is -1.02. The molecule has 2 heterocycles. The van der Waals surface area contributed by atoms with E-state index in [0.717, 1.165) is 53.5 Å². The minimum absolute atomic E-state index is 0.0000151. The Morgan fingerprint density at radius 3 is 2.27 bits per heavy atom. The van der Waals surface area contributed by atoms with Gasteiger partial charge >= 0.3 is 11.9 Å². The molecule has 37 heavy (non-hydrogen) atoms. The Balaban J connectivity index is 1.53. The van der Waals surface area contributed by atoms with Crippen molar-refractivity contribution >= 4 is 28.7 Å². The molecule has 0 unspecified atom stereocenters. The summed E-state index contributed by atoms with van der Waals surface area (Å²) in [5, 5.41) is 22.6. The molecule has 1 amide bonds. The first kappa shape index (κ1) is 24.4. The number of rotatable bonds is 8. The minimum Gasteiger partial charge on any atom is -0.478 e. The van der Waals surface area contributed by atoms with Gasteiger partial charge in [0.2, 0.25) is 5.91 Å². The van der Waals surface area contributed by atoms with Crippen molar-refractivity contribution in [2.24, 2.45) is 0 Å². The summed E-state index contributed by atoms with van der Waals surface area (Å²) < 4.78 is 7.31. The van der Waals surface area contributed by atoms with Gasteiger partial charge in [-0.15, -0.1) is 0 Å². The zero-order chi connectivity index (χ0) is 25.9. The zero-order valence-corrected chi connectivity index (χ0v) is 20.3. The Bertz CT molecular complexity index is 1440. The molecule has 8 nitrogen and oxygen atoms in total. The fourth-order valence-electron chi connectivity index (χ4n) is 5.35. The van der Waals surface area contributed by atoms with Crippen LogP contribution in [-0.2, 0) is 17.9 Å². The molecule has 2 aromatic heterocycles. The van der Waals surface area contributed by atoms with Crippen molar-refractivity contribution in [2.45, 2.75) is 51.1 Å². The average molecular weight is 501 g/mol. The Labute approximate surface area is 213 Å². The molecule has 3 N–H and O–H groups in total. The maximum atomic E-state index is 13.2. The van der Waals surface area contributed by atoms with Crippen LogP contribution >= 0.6 is 0 Å². The summed E-state index contributed by atoms with van der Waals surface area (Å²) >= 11 is 0. The third-order valence-electron chi connectivity index (χ3n) is 7.15. The molecule has 4 aromatic rings. The Morgan fingerprint density at radius 2 is 1.62 bits per heavy atom. The van der Waals surface area contributed by atoms with Crippen LogP contribution in [0.15, 0.2) is 65.5 Å². The topological polar surface area (TPSA) is 122 Å². The van der Waals surface area contributed by atoms with Crippen molar-refractivity contribution in [3.63, 3.8) is 0 Å². The summed E-state index contributed by atoms with van der Waals surface area (Å²) in [5.74, 6) is -1.95. The first-order valence-electron chi connectivity index (χ1n) is 12.4. The van der Waals surface area contributed by atoms with Gasteiger partial charge in [0, 0.05) is 17.5 Å². The molecule has 1 fully saturated rings. The molecule has 0 radical (unpaired) electrons. The highest BCUT2D eigenvalue weighted by Crippen LogP contribution is 2.44. The number of aromatic carboxylic acids is 2. The molecule has 0 bridgehead atoms. The van der Waals surface area contributed by atoms with E-state index in [9.17, 15) is 19.5 Å². The van der Waals surface area contributed by atoms with Gasteiger partial charge in [-0.3, -0.25) is 4.79 Å². The van der Waals surface area contributed by atoms with Crippen LogP contribution in [-0.4, -0.2) is 32.6 Å². The molecule has 5 rings (SSSR count). The molecule has 8 heteroatoms. The lowest BCUT2D eigenvalue weighted by molar-refractivity contribution is -0.121. The highest BCUT2D eigenvalue weighted by molar-refractivity contribution is 5.99. The van der Waals surface area contributed by atoms with E-state index in [2.05, 4.69) is 5.32 Å². The predicted molar refractivity (Wildman–Crippen MR) is 138 cm³/mol. The van der Waals surface area contributed by atoms with E-state index >= 15 is 0 Å². The van der Waals surface area contributed by atoms with E-state index in [4.69, 9.17) is 9.52 Å². The van der Waals surface area contributed by atoms with Crippen LogP contribution in [0.3, 0.4) is 0 Å². The lowest BCUT2D eigenvalue weighted by Crippen LogP contribution is -2.27. The number of nitrogens with zero attached hydrogens (tertiary/aromatic N) is 1. The van der Waals surface area contributed by atoms with Gasteiger partial charge in [-0.25, -0.2) is 9.59 Å². The first-order chi connectivity index (χ1) is 17.9. The SMILES string of the molecule is O=C(Cn1c(-c2ccoc2)c(C2CCCCC2)c2ccc(C(=O)O)cc21)NCc1ccc(C(=O)O)cc1. The largest absolute Gasteiger partial charge is 0.478 e.